The van der Waals surface area contributed by atoms with Gasteiger partial charge in [0, 0.05) is 23.6 Å². The van der Waals surface area contributed by atoms with E-state index in [0.29, 0.717) is 18.1 Å². The molecule has 0 fully saturated rings. The first kappa shape index (κ1) is 23.5. The van der Waals surface area contributed by atoms with Crippen molar-refractivity contribution in [3.63, 3.8) is 0 Å². The van der Waals surface area contributed by atoms with E-state index >= 15 is 0 Å². The molecule has 0 atom stereocenters. The molecule has 0 radical (unpaired) electrons. The van der Waals surface area contributed by atoms with Crippen LogP contribution in [0.3, 0.4) is 0 Å². The van der Waals surface area contributed by atoms with E-state index in [0.717, 1.165) is 0 Å². The molecule has 0 unspecified atom stereocenters. The molecule has 3 N–H and O–H groups in total. The minimum absolute atomic E-state index is 0.00634. The summed E-state index contributed by atoms with van der Waals surface area (Å²) in [6.45, 7) is 2.11. The van der Waals surface area contributed by atoms with Crippen LogP contribution in [0.25, 0.3) is 0 Å². The number of carbonyl (C=O) groups excluding carboxylic acids is 2. The third-order valence-corrected chi connectivity index (χ3v) is 5.49. The second-order valence-corrected chi connectivity index (χ2v) is 8.11. The van der Waals surface area contributed by atoms with Crippen molar-refractivity contribution >= 4 is 33.4 Å². The molecule has 0 aromatic heterocycles. The van der Waals surface area contributed by atoms with Crippen LogP contribution in [0.4, 0.5) is 0 Å². The molecule has 2 rings (SSSR count). The molecular weight excluding hydrogens is 434 g/mol. The maximum atomic E-state index is 12.2. The van der Waals surface area contributed by atoms with Crippen LogP contribution < -0.4 is 25.0 Å². The molecule has 0 saturated carbocycles. The molecule has 0 bridgehead atoms. The normalized spacial score (nSPS) is 10.9. The highest BCUT2D eigenvalue weighted by molar-refractivity contribution is 7.89. The zero-order valence-electron chi connectivity index (χ0n) is 16.4. The highest BCUT2D eigenvalue weighted by Gasteiger charge is 2.15. The van der Waals surface area contributed by atoms with E-state index in [9.17, 15) is 18.0 Å². The summed E-state index contributed by atoms with van der Waals surface area (Å²) in [5, 5.41) is 0.282. The van der Waals surface area contributed by atoms with Crippen molar-refractivity contribution in [3.05, 3.63) is 53.1 Å². The van der Waals surface area contributed by atoms with E-state index < -0.39 is 21.8 Å². The number of rotatable bonds is 9. The van der Waals surface area contributed by atoms with Gasteiger partial charge in [0.05, 0.1) is 18.6 Å². The summed E-state index contributed by atoms with van der Waals surface area (Å²) in [7, 11) is -2.35. The smallest absolute Gasteiger partial charge is 0.269 e. The predicted octanol–water partition coefficient (Wildman–Crippen LogP) is 1.88. The number of hydrogen-bond acceptors (Lipinski definition) is 6. The summed E-state index contributed by atoms with van der Waals surface area (Å²) in [6.07, 6.45) is -0.188. The van der Waals surface area contributed by atoms with Crippen LogP contribution in [0.2, 0.25) is 5.02 Å². The van der Waals surface area contributed by atoms with Gasteiger partial charge in [-0.2, -0.15) is 0 Å². The summed E-state index contributed by atoms with van der Waals surface area (Å²) in [4.78, 5) is 24.1. The third kappa shape index (κ3) is 6.61. The quantitative estimate of drug-likeness (QED) is 0.496. The lowest BCUT2D eigenvalue weighted by molar-refractivity contribution is -0.121. The number of nitrogens with one attached hydrogen (secondary N) is 3. The van der Waals surface area contributed by atoms with Crippen molar-refractivity contribution in [2.24, 2.45) is 0 Å². The largest absolute Gasteiger partial charge is 0.493 e. The van der Waals surface area contributed by atoms with E-state index in [-0.39, 0.29) is 28.4 Å². The fourth-order valence-corrected chi connectivity index (χ4v) is 3.69. The molecule has 0 saturated heterocycles. The van der Waals surface area contributed by atoms with Gasteiger partial charge in [-0.05, 0) is 43.3 Å². The summed E-state index contributed by atoms with van der Waals surface area (Å²) in [5.74, 6) is -0.266. The Kier molecular flexibility index (Phi) is 8.46. The number of benzene rings is 2. The van der Waals surface area contributed by atoms with Crippen LogP contribution >= 0.6 is 11.6 Å². The second-order valence-electron chi connectivity index (χ2n) is 5.91. The molecule has 0 heterocycles. The molecule has 0 aliphatic rings. The Labute approximate surface area is 179 Å². The van der Waals surface area contributed by atoms with Gasteiger partial charge in [-0.15, -0.1) is 0 Å². The Balaban J connectivity index is 1.84. The van der Waals surface area contributed by atoms with Gasteiger partial charge in [0.25, 0.3) is 5.91 Å². The van der Waals surface area contributed by atoms with Crippen molar-refractivity contribution in [1.29, 1.82) is 0 Å². The molecule has 2 aromatic carbocycles. The van der Waals surface area contributed by atoms with Crippen molar-refractivity contribution < 1.29 is 27.5 Å². The van der Waals surface area contributed by atoms with Crippen molar-refractivity contribution in [1.82, 2.24) is 15.6 Å². The average Bonchev–Trinajstić information content (AvgIpc) is 2.72. The highest BCUT2D eigenvalue weighted by atomic mass is 35.5. The number of methoxy groups -OCH3 is 1. The first-order valence-electron chi connectivity index (χ1n) is 8.92. The number of hydrogen-bond donors (Lipinski definition) is 3. The predicted molar refractivity (Wildman–Crippen MR) is 111 cm³/mol. The van der Waals surface area contributed by atoms with E-state index in [1.54, 1.807) is 12.1 Å². The van der Waals surface area contributed by atoms with Gasteiger partial charge in [0.2, 0.25) is 15.9 Å². The molecule has 0 aliphatic carbocycles. The van der Waals surface area contributed by atoms with Crippen LogP contribution in [0.5, 0.6) is 11.5 Å². The van der Waals surface area contributed by atoms with E-state index in [1.807, 2.05) is 6.92 Å². The molecule has 2 aromatic rings. The molecular formula is C19H22ClN3O6S. The van der Waals surface area contributed by atoms with Crippen molar-refractivity contribution in [3.8, 4) is 11.5 Å². The number of halogens is 1. The van der Waals surface area contributed by atoms with E-state index in [2.05, 4.69) is 15.6 Å². The lowest BCUT2D eigenvalue weighted by Gasteiger charge is -2.12. The van der Waals surface area contributed by atoms with Gasteiger partial charge < -0.3 is 9.47 Å². The number of amides is 2. The number of sulfonamides is 1. The second kappa shape index (κ2) is 10.8. The Hall–Kier alpha value is -2.82. The molecule has 162 valence electrons. The summed E-state index contributed by atoms with van der Waals surface area (Å²) in [5.41, 5.74) is 4.73. The Morgan fingerprint density at radius 2 is 1.83 bits per heavy atom. The molecule has 2 amide bonds. The molecule has 30 heavy (non-hydrogen) atoms. The number of ether oxygens (including phenoxy) is 2. The molecule has 0 spiro atoms. The summed E-state index contributed by atoms with van der Waals surface area (Å²) < 4.78 is 37.2. The first-order chi connectivity index (χ1) is 14.3. The van der Waals surface area contributed by atoms with Gasteiger partial charge in [-0.3, -0.25) is 20.4 Å². The molecule has 9 nitrogen and oxygen atoms in total. The van der Waals surface area contributed by atoms with Gasteiger partial charge in [0.15, 0.2) is 11.5 Å². The van der Waals surface area contributed by atoms with Crippen molar-refractivity contribution in [2.75, 3.05) is 20.3 Å². The van der Waals surface area contributed by atoms with Gasteiger partial charge >= 0.3 is 0 Å². The lowest BCUT2D eigenvalue weighted by Crippen LogP contribution is -2.42. The minimum atomic E-state index is -3.80. The maximum absolute atomic E-state index is 12.2. The fraction of sp³-hybridized carbons (Fsp3) is 0.263. The molecule has 11 heteroatoms. The minimum Gasteiger partial charge on any atom is -0.493 e. The standard InChI is InChI=1S/C19H22ClN3O6S/c1-3-29-16-8-7-13(11-17(16)28-2)19(25)23-22-18(24)9-10-21-30(26,27)15-6-4-5-14(20)12-15/h4-8,11-12,21H,3,9-10H2,1-2H3,(H,22,24)(H,23,25). The SMILES string of the molecule is CCOc1ccc(C(=O)NNC(=O)CCNS(=O)(=O)c2cccc(Cl)c2)cc1OC. The Bertz CT molecular complexity index is 1010. The van der Waals surface area contributed by atoms with Crippen LogP contribution in [0.15, 0.2) is 47.4 Å². The Morgan fingerprint density at radius 3 is 2.50 bits per heavy atom. The lowest BCUT2D eigenvalue weighted by atomic mass is 10.2. The van der Waals surface area contributed by atoms with Crippen molar-refractivity contribution in [2.45, 2.75) is 18.2 Å². The summed E-state index contributed by atoms with van der Waals surface area (Å²) in [6, 6.07) is 10.3. The number of hydrazine groups is 1. The first-order valence-corrected chi connectivity index (χ1v) is 10.8. The zero-order valence-corrected chi connectivity index (χ0v) is 18.0. The van der Waals surface area contributed by atoms with Crippen LogP contribution in [-0.2, 0) is 14.8 Å². The van der Waals surface area contributed by atoms with Gasteiger partial charge in [-0.25, -0.2) is 13.1 Å². The summed E-state index contributed by atoms with van der Waals surface area (Å²) >= 11 is 5.79. The maximum Gasteiger partial charge on any atom is 0.269 e. The van der Waals surface area contributed by atoms with E-state index in [1.165, 1.54) is 37.4 Å². The van der Waals surface area contributed by atoms with Crippen LogP contribution in [0, 0.1) is 0 Å². The number of carbonyl (C=O) groups is 2. The monoisotopic (exact) mass is 455 g/mol. The van der Waals surface area contributed by atoms with E-state index in [4.69, 9.17) is 21.1 Å². The topological polar surface area (TPSA) is 123 Å². The Morgan fingerprint density at radius 1 is 1.07 bits per heavy atom. The van der Waals surface area contributed by atoms with Gasteiger partial charge in [0.1, 0.15) is 0 Å². The highest BCUT2D eigenvalue weighted by Crippen LogP contribution is 2.27. The van der Waals surface area contributed by atoms with Gasteiger partial charge in [-0.1, -0.05) is 17.7 Å². The van der Waals surface area contributed by atoms with Crippen LogP contribution in [0.1, 0.15) is 23.7 Å². The van der Waals surface area contributed by atoms with Crippen LogP contribution in [-0.4, -0.2) is 40.5 Å². The molecule has 0 aliphatic heterocycles. The average molecular weight is 456 g/mol. The zero-order chi connectivity index (χ0) is 22.1. The fourth-order valence-electron chi connectivity index (χ4n) is 2.36. The third-order valence-electron chi connectivity index (χ3n) is 3.79.